The zero-order chi connectivity index (χ0) is 18.6. The first-order chi connectivity index (χ1) is 11.9. The van der Waals surface area contributed by atoms with Crippen LogP contribution in [0.25, 0.3) is 0 Å². The van der Waals surface area contributed by atoms with Crippen LogP contribution in [0.15, 0.2) is 43.0 Å². The summed E-state index contributed by atoms with van der Waals surface area (Å²) in [5, 5.41) is 9.99. The van der Waals surface area contributed by atoms with Crippen molar-refractivity contribution in [3.63, 3.8) is 0 Å². The summed E-state index contributed by atoms with van der Waals surface area (Å²) in [5.74, 6) is -1.50. The monoisotopic (exact) mass is 361 g/mol. The number of aliphatic hydroxyl groups excluding tert-OH is 1. The van der Waals surface area contributed by atoms with Crippen LogP contribution < -0.4 is 0 Å². The van der Waals surface area contributed by atoms with Gasteiger partial charge in [0, 0.05) is 10.8 Å². The van der Waals surface area contributed by atoms with Crippen LogP contribution in [0.1, 0.15) is 19.4 Å². The predicted molar refractivity (Wildman–Crippen MR) is 99.1 cm³/mol. The van der Waals surface area contributed by atoms with Gasteiger partial charge in [-0.2, -0.15) is 0 Å². The number of thiocarbonyl (C=S) groups is 1. The number of nitrogens with zero attached hydrogens (tertiary/aromatic N) is 1. The van der Waals surface area contributed by atoms with E-state index in [0.29, 0.717) is 4.86 Å². The van der Waals surface area contributed by atoms with Gasteiger partial charge in [0.1, 0.15) is 13.2 Å². The van der Waals surface area contributed by atoms with Gasteiger partial charge in [0.05, 0.1) is 18.1 Å². The Balaban J connectivity index is 2.17. The van der Waals surface area contributed by atoms with Crippen molar-refractivity contribution < 1.29 is 19.4 Å². The first kappa shape index (κ1) is 19.3. The van der Waals surface area contributed by atoms with E-state index in [9.17, 15) is 14.7 Å². The van der Waals surface area contributed by atoms with E-state index in [2.05, 4.69) is 6.58 Å². The molecule has 1 aromatic rings. The molecule has 1 aromatic carbocycles. The molecule has 0 spiro atoms. The highest BCUT2D eigenvalue weighted by Gasteiger charge is 2.53. The molecular formula is C19H23NO4S. The molecular weight excluding hydrogens is 338 g/mol. The fraction of sp³-hybridized carbons (Fsp3) is 0.421. The molecule has 1 fully saturated rings. The minimum atomic E-state index is -0.807. The Hall–Kier alpha value is -2.05. The van der Waals surface area contributed by atoms with Gasteiger partial charge in [-0.05, 0) is 12.5 Å². The van der Waals surface area contributed by atoms with Gasteiger partial charge in [-0.1, -0.05) is 62.1 Å². The molecule has 0 unspecified atom stereocenters. The molecule has 1 aliphatic heterocycles. The van der Waals surface area contributed by atoms with Crippen molar-refractivity contribution in [2.45, 2.75) is 26.0 Å². The third-order valence-corrected chi connectivity index (χ3v) is 5.07. The van der Waals surface area contributed by atoms with Crippen molar-refractivity contribution >= 4 is 29.0 Å². The number of hydrogen-bond acceptors (Lipinski definition) is 5. The number of carbonyl (C=O) groups is 2. The third-order valence-electron chi connectivity index (χ3n) is 4.46. The maximum Gasteiger partial charge on any atom is 0.325 e. The number of aliphatic hydroxyl groups is 1. The molecule has 1 saturated heterocycles. The van der Waals surface area contributed by atoms with Crippen molar-refractivity contribution in [1.82, 2.24) is 4.90 Å². The van der Waals surface area contributed by atoms with E-state index in [0.717, 1.165) is 5.56 Å². The fourth-order valence-electron chi connectivity index (χ4n) is 3.21. The normalized spacial score (nSPS) is 21.9. The lowest BCUT2D eigenvalue weighted by molar-refractivity contribution is -0.172. The largest absolute Gasteiger partial charge is 0.460 e. The van der Waals surface area contributed by atoms with Crippen LogP contribution in [0.2, 0.25) is 0 Å². The molecule has 1 N–H and O–H groups in total. The molecule has 0 bridgehead atoms. The summed E-state index contributed by atoms with van der Waals surface area (Å²) in [4.78, 5) is 26.4. The number of ether oxygens (including phenoxy) is 1. The van der Waals surface area contributed by atoms with E-state index >= 15 is 0 Å². The Morgan fingerprint density at radius 2 is 2.04 bits per heavy atom. The Morgan fingerprint density at radius 1 is 1.40 bits per heavy atom. The van der Waals surface area contributed by atoms with Crippen LogP contribution in [0, 0.1) is 11.8 Å². The lowest BCUT2D eigenvalue weighted by atomic mass is 9.74. The highest BCUT2D eigenvalue weighted by Crippen LogP contribution is 2.36. The van der Waals surface area contributed by atoms with E-state index in [4.69, 9.17) is 17.0 Å². The first-order valence-electron chi connectivity index (χ1n) is 8.22. The Labute approximate surface area is 153 Å². The lowest BCUT2D eigenvalue weighted by Crippen LogP contribution is -2.68. The standard InChI is InChI=1S/C19H23NO4S/c1-4-10-24-15(22)11-20-17(16(13(3)21)19(20)23)12(2)18(25)14-8-6-5-7-9-14/h4-9,12-13,16-17,21H,1,10-11H2,2-3H3/t12-,13-,16-,17-/m1/s1. The second-order valence-electron chi connectivity index (χ2n) is 6.21. The molecule has 4 atom stereocenters. The van der Waals surface area contributed by atoms with Gasteiger partial charge >= 0.3 is 5.97 Å². The summed E-state index contributed by atoms with van der Waals surface area (Å²) in [6.07, 6.45) is 0.665. The summed E-state index contributed by atoms with van der Waals surface area (Å²) >= 11 is 5.59. The number of amides is 1. The summed E-state index contributed by atoms with van der Waals surface area (Å²) in [5.41, 5.74) is 0.905. The Morgan fingerprint density at radius 3 is 2.60 bits per heavy atom. The number of likely N-dealkylation sites (tertiary alicyclic amines) is 1. The molecule has 0 aliphatic carbocycles. The SMILES string of the molecule is C=CCOC(=O)CN1C(=O)[C@H]([C@@H](C)O)[C@H]1[C@@H](C)C(=S)c1ccccc1. The van der Waals surface area contributed by atoms with E-state index < -0.39 is 18.0 Å². The maximum atomic E-state index is 12.4. The molecule has 1 amide bonds. The first-order valence-corrected chi connectivity index (χ1v) is 8.63. The number of β-lactam (4-membered cyclic amide) rings is 1. The highest BCUT2D eigenvalue weighted by molar-refractivity contribution is 7.80. The van der Waals surface area contributed by atoms with Gasteiger partial charge in [-0.3, -0.25) is 9.59 Å². The van der Waals surface area contributed by atoms with Crippen molar-refractivity contribution in [3.05, 3.63) is 48.6 Å². The molecule has 0 aromatic heterocycles. The van der Waals surface area contributed by atoms with Crippen molar-refractivity contribution in [1.29, 1.82) is 0 Å². The smallest absolute Gasteiger partial charge is 0.325 e. The van der Waals surface area contributed by atoms with Gasteiger partial charge < -0.3 is 14.7 Å². The molecule has 1 heterocycles. The zero-order valence-corrected chi connectivity index (χ0v) is 15.2. The molecule has 6 heteroatoms. The lowest BCUT2D eigenvalue weighted by Gasteiger charge is -2.50. The predicted octanol–water partition coefficient (Wildman–Crippen LogP) is 1.98. The Bertz CT molecular complexity index is 659. The van der Waals surface area contributed by atoms with E-state index in [1.54, 1.807) is 6.92 Å². The Kier molecular flexibility index (Phi) is 6.45. The summed E-state index contributed by atoms with van der Waals surface area (Å²) in [6.45, 7) is 6.94. The molecule has 0 radical (unpaired) electrons. The second kappa shape index (κ2) is 8.36. The number of benzene rings is 1. The van der Waals surface area contributed by atoms with Crippen LogP contribution in [-0.4, -0.2) is 52.0 Å². The van der Waals surface area contributed by atoms with Crippen LogP contribution in [0.4, 0.5) is 0 Å². The number of rotatable bonds is 8. The summed E-state index contributed by atoms with van der Waals surface area (Å²) in [6, 6.07) is 9.20. The quantitative estimate of drug-likeness (QED) is 0.252. The third kappa shape index (κ3) is 4.14. The molecule has 134 valence electrons. The van der Waals surface area contributed by atoms with Crippen LogP contribution in [0.5, 0.6) is 0 Å². The molecule has 0 saturated carbocycles. The van der Waals surface area contributed by atoms with Gasteiger partial charge in [0.25, 0.3) is 0 Å². The van der Waals surface area contributed by atoms with Crippen LogP contribution in [0.3, 0.4) is 0 Å². The topological polar surface area (TPSA) is 66.8 Å². The molecule has 2 rings (SSSR count). The van der Waals surface area contributed by atoms with E-state index in [1.165, 1.54) is 11.0 Å². The second-order valence-corrected chi connectivity index (χ2v) is 6.65. The fourth-order valence-corrected chi connectivity index (χ4v) is 3.48. The average Bonchev–Trinajstić information content (AvgIpc) is 2.61. The van der Waals surface area contributed by atoms with Gasteiger partial charge in [-0.15, -0.1) is 0 Å². The van der Waals surface area contributed by atoms with E-state index in [1.807, 2.05) is 37.3 Å². The van der Waals surface area contributed by atoms with E-state index in [-0.39, 0.29) is 31.0 Å². The minimum absolute atomic E-state index is 0.101. The van der Waals surface area contributed by atoms with Crippen molar-refractivity contribution in [3.8, 4) is 0 Å². The highest BCUT2D eigenvalue weighted by atomic mass is 32.1. The van der Waals surface area contributed by atoms with Crippen LogP contribution in [-0.2, 0) is 14.3 Å². The maximum absolute atomic E-state index is 12.4. The number of carbonyl (C=O) groups excluding carboxylic acids is 2. The molecule has 25 heavy (non-hydrogen) atoms. The summed E-state index contributed by atoms with van der Waals surface area (Å²) in [7, 11) is 0. The van der Waals surface area contributed by atoms with Gasteiger partial charge in [0.2, 0.25) is 5.91 Å². The van der Waals surface area contributed by atoms with Crippen LogP contribution >= 0.6 is 12.2 Å². The van der Waals surface area contributed by atoms with Crippen molar-refractivity contribution in [2.75, 3.05) is 13.2 Å². The van der Waals surface area contributed by atoms with Crippen molar-refractivity contribution in [2.24, 2.45) is 11.8 Å². The minimum Gasteiger partial charge on any atom is -0.460 e. The molecule has 1 aliphatic rings. The van der Waals surface area contributed by atoms with Gasteiger partial charge in [-0.25, -0.2) is 0 Å². The summed E-state index contributed by atoms with van der Waals surface area (Å²) < 4.78 is 4.97. The zero-order valence-electron chi connectivity index (χ0n) is 14.4. The average molecular weight is 361 g/mol. The molecule has 5 nitrogen and oxygen atoms in total. The van der Waals surface area contributed by atoms with Gasteiger partial charge in [0.15, 0.2) is 0 Å². The number of hydrogen-bond donors (Lipinski definition) is 1. The number of esters is 1.